The largest absolute Gasteiger partial charge is 0.457 e. The van der Waals surface area contributed by atoms with Crippen molar-refractivity contribution in [3.63, 3.8) is 0 Å². The number of carbonyl (C=O) groups excluding carboxylic acids is 1. The molecule has 1 aliphatic rings. The van der Waals surface area contributed by atoms with Crippen LogP contribution in [0.4, 0.5) is 0 Å². The van der Waals surface area contributed by atoms with Gasteiger partial charge in [0.15, 0.2) is 0 Å². The van der Waals surface area contributed by atoms with Gasteiger partial charge in [-0.2, -0.15) is 0 Å². The molecule has 2 aromatic carbocycles. The van der Waals surface area contributed by atoms with Crippen LogP contribution in [-0.4, -0.2) is 36.1 Å². The van der Waals surface area contributed by atoms with E-state index in [1.807, 2.05) is 73.3 Å². The molecule has 4 heteroatoms. The van der Waals surface area contributed by atoms with Gasteiger partial charge >= 0.3 is 0 Å². The summed E-state index contributed by atoms with van der Waals surface area (Å²) >= 11 is 0. The Balaban J connectivity index is 1.83. The monoisotopic (exact) mass is 311 g/mol. The van der Waals surface area contributed by atoms with Crippen molar-refractivity contribution < 1.29 is 14.3 Å². The smallest absolute Gasteiger partial charge is 0.257 e. The highest BCUT2D eigenvalue weighted by molar-refractivity contribution is 5.97. The molecular weight excluding hydrogens is 290 g/mol. The molecule has 0 unspecified atom stereocenters. The van der Waals surface area contributed by atoms with Crippen molar-refractivity contribution in [3.8, 4) is 11.5 Å². The standard InChI is InChI=1S/C19H21NO3/c1-14-12-20(13-15(2)22-14)19(21)17-10-6-7-11-18(17)23-16-8-4-3-5-9-16/h3-11,14-15H,12-13H2,1-2H3/t14-,15-/m1/s1. The van der Waals surface area contributed by atoms with Gasteiger partial charge in [-0.3, -0.25) is 4.79 Å². The molecule has 1 saturated heterocycles. The van der Waals surface area contributed by atoms with E-state index in [9.17, 15) is 4.79 Å². The van der Waals surface area contributed by atoms with E-state index in [-0.39, 0.29) is 18.1 Å². The molecule has 120 valence electrons. The maximum Gasteiger partial charge on any atom is 0.257 e. The molecule has 2 atom stereocenters. The van der Waals surface area contributed by atoms with Gasteiger partial charge in [0.25, 0.3) is 5.91 Å². The molecule has 1 aliphatic heterocycles. The number of morpholine rings is 1. The zero-order valence-corrected chi connectivity index (χ0v) is 13.4. The lowest BCUT2D eigenvalue weighted by molar-refractivity contribution is -0.0586. The van der Waals surface area contributed by atoms with Crippen LogP contribution in [-0.2, 0) is 4.74 Å². The maximum absolute atomic E-state index is 12.9. The van der Waals surface area contributed by atoms with Crippen molar-refractivity contribution >= 4 is 5.91 Å². The van der Waals surface area contributed by atoms with Crippen LogP contribution < -0.4 is 4.74 Å². The van der Waals surface area contributed by atoms with E-state index in [4.69, 9.17) is 9.47 Å². The molecule has 23 heavy (non-hydrogen) atoms. The minimum Gasteiger partial charge on any atom is -0.457 e. The van der Waals surface area contributed by atoms with Crippen LogP contribution in [0.25, 0.3) is 0 Å². The van der Waals surface area contributed by atoms with Crippen molar-refractivity contribution in [2.24, 2.45) is 0 Å². The number of ether oxygens (including phenoxy) is 2. The molecule has 0 aromatic heterocycles. The van der Waals surface area contributed by atoms with E-state index in [2.05, 4.69) is 0 Å². The summed E-state index contributed by atoms with van der Waals surface area (Å²) in [4.78, 5) is 14.7. The summed E-state index contributed by atoms with van der Waals surface area (Å²) in [5, 5.41) is 0. The zero-order valence-electron chi connectivity index (χ0n) is 13.4. The number of hydrogen-bond donors (Lipinski definition) is 0. The Labute approximate surface area is 136 Å². The van der Waals surface area contributed by atoms with Crippen molar-refractivity contribution in [1.29, 1.82) is 0 Å². The number of hydrogen-bond acceptors (Lipinski definition) is 3. The average molecular weight is 311 g/mol. The molecule has 0 N–H and O–H groups in total. The van der Waals surface area contributed by atoms with Gasteiger partial charge in [0.1, 0.15) is 11.5 Å². The Morgan fingerprint density at radius 2 is 1.61 bits per heavy atom. The van der Waals surface area contributed by atoms with Crippen molar-refractivity contribution in [2.75, 3.05) is 13.1 Å². The number of para-hydroxylation sites is 2. The summed E-state index contributed by atoms with van der Waals surface area (Å²) in [5.74, 6) is 1.28. The second-order valence-electron chi connectivity index (χ2n) is 5.88. The minimum atomic E-state index is -0.0152. The first-order chi connectivity index (χ1) is 11.1. The SMILES string of the molecule is C[C@@H]1CN(C(=O)c2ccccc2Oc2ccccc2)C[C@@H](C)O1. The van der Waals surface area contributed by atoms with Crippen LogP contribution in [0.1, 0.15) is 24.2 Å². The highest BCUT2D eigenvalue weighted by atomic mass is 16.5. The first-order valence-electron chi connectivity index (χ1n) is 7.90. The van der Waals surface area contributed by atoms with Crippen LogP contribution in [0.3, 0.4) is 0 Å². The Morgan fingerprint density at radius 3 is 2.30 bits per heavy atom. The quantitative estimate of drug-likeness (QED) is 0.867. The molecule has 0 aliphatic carbocycles. The Kier molecular flexibility index (Phi) is 4.63. The lowest BCUT2D eigenvalue weighted by Crippen LogP contribution is -2.48. The second kappa shape index (κ2) is 6.84. The van der Waals surface area contributed by atoms with E-state index in [0.717, 1.165) is 5.75 Å². The van der Waals surface area contributed by atoms with Gasteiger partial charge in [-0.05, 0) is 38.1 Å². The summed E-state index contributed by atoms with van der Waals surface area (Å²) < 4.78 is 11.6. The van der Waals surface area contributed by atoms with Crippen LogP contribution in [0.15, 0.2) is 54.6 Å². The molecule has 0 saturated carbocycles. The molecule has 1 fully saturated rings. The summed E-state index contributed by atoms with van der Waals surface area (Å²) in [5.41, 5.74) is 0.581. The van der Waals surface area contributed by atoms with E-state index in [1.54, 1.807) is 0 Å². The molecule has 2 aromatic rings. The Bertz CT molecular complexity index is 661. The average Bonchev–Trinajstić information content (AvgIpc) is 2.55. The number of rotatable bonds is 3. The summed E-state index contributed by atoms with van der Waals surface area (Å²) in [6, 6.07) is 16.9. The van der Waals surface area contributed by atoms with Crippen molar-refractivity contribution in [2.45, 2.75) is 26.1 Å². The van der Waals surface area contributed by atoms with Crippen LogP contribution >= 0.6 is 0 Å². The lowest BCUT2D eigenvalue weighted by atomic mass is 10.1. The van der Waals surface area contributed by atoms with Gasteiger partial charge in [0, 0.05) is 13.1 Å². The molecule has 0 radical (unpaired) electrons. The topological polar surface area (TPSA) is 38.8 Å². The zero-order chi connectivity index (χ0) is 16.2. The van der Waals surface area contributed by atoms with E-state index in [1.165, 1.54) is 0 Å². The van der Waals surface area contributed by atoms with E-state index < -0.39 is 0 Å². The van der Waals surface area contributed by atoms with Crippen molar-refractivity contribution in [1.82, 2.24) is 4.90 Å². The van der Waals surface area contributed by atoms with Crippen LogP contribution in [0, 0.1) is 0 Å². The number of nitrogens with zero attached hydrogens (tertiary/aromatic N) is 1. The number of benzene rings is 2. The van der Waals surface area contributed by atoms with E-state index in [0.29, 0.717) is 24.4 Å². The van der Waals surface area contributed by atoms with Crippen LogP contribution in [0.5, 0.6) is 11.5 Å². The number of amides is 1. The Hall–Kier alpha value is -2.33. The highest BCUT2D eigenvalue weighted by Gasteiger charge is 2.28. The third kappa shape index (κ3) is 3.71. The minimum absolute atomic E-state index is 0.0152. The first-order valence-corrected chi connectivity index (χ1v) is 7.90. The van der Waals surface area contributed by atoms with Gasteiger partial charge in [-0.15, -0.1) is 0 Å². The molecular formula is C19H21NO3. The fraction of sp³-hybridized carbons (Fsp3) is 0.316. The van der Waals surface area contributed by atoms with Crippen molar-refractivity contribution in [3.05, 3.63) is 60.2 Å². The second-order valence-corrected chi connectivity index (χ2v) is 5.88. The predicted octanol–water partition coefficient (Wildman–Crippen LogP) is 3.73. The molecule has 3 rings (SSSR count). The molecule has 1 amide bonds. The molecule has 0 bridgehead atoms. The fourth-order valence-electron chi connectivity index (χ4n) is 2.86. The number of carbonyl (C=O) groups is 1. The fourth-order valence-corrected chi connectivity index (χ4v) is 2.86. The van der Waals surface area contributed by atoms with Gasteiger partial charge in [0.2, 0.25) is 0 Å². The normalized spacial score (nSPS) is 21.0. The third-order valence-corrected chi connectivity index (χ3v) is 3.80. The van der Waals surface area contributed by atoms with Gasteiger partial charge in [0.05, 0.1) is 17.8 Å². The summed E-state index contributed by atoms with van der Waals surface area (Å²) in [7, 11) is 0. The summed E-state index contributed by atoms with van der Waals surface area (Å²) in [6.45, 7) is 5.18. The lowest BCUT2D eigenvalue weighted by Gasteiger charge is -2.35. The first kappa shape index (κ1) is 15.6. The Morgan fingerprint density at radius 1 is 1.00 bits per heavy atom. The third-order valence-electron chi connectivity index (χ3n) is 3.80. The van der Waals surface area contributed by atoms with Gasteiger partial charge in [-0.25, -0.2) is 0 Å². The molecule has 0 spiro atoms. The molecule has 1 heterocycles. The highest BCUT2D eigenvalue weighted by Crippen LogP contribution is 2.27. The molecule has 4 nitrogen and oxygen atoms in total. The maximum atomic E-state index is 12.9. The van der Waals surface area contributed by atoms with Gasteiger partial charge in [-0.1, -0.05) is 30.3 Å². The summed E-state index contributed by atoms with van der Waals surface area (Å²) in [6.07, 6.45) is 0.0924. The van der Waals surface area contributed by atoms with Crippen LogP contribution in [0.2, 0.25) is 0 Å². The van der Waals surface area contributed by atoms with E-state index >= 15 is 0 Å². The van der Waals surface area contributed by atoms with Gasteiger partial charge < -0.3 is 14.4 Å². The predicted molar refractivity (Wildman–Crippen MR) is 88.9 cm³/mol.